The van der Waals surface area contributed by atoms with E-state index in [1.165, 1.54) is 0 Å². The summed E-state index contributed by atoms with van der Waals surface area (Å²) in [6.07, 6.45) is 2.91. The van der Waals surface area contributed by atoms with Crippen molar-refractivity contribution in [2.75, 3.05) is 40.0 Å². The maximum atomic E-state index is 11.2. The lowest BCUT2D eigenvalue weighted by atomic mass is 10.2. The Bertz CT molecular complexity index is 235. The Kier molecular flexibility index (Phi) is 11.2. The van der Waals surface area contributed by atoms with Gasteiger partial charge in [0.15, 0.2) is 0 Å². The lowest BCUT2D eigenvalue weighted by Gasteiger charge is -2.07. The molecule has 0 radical (unpaired) electrons. The quantitative estimate of drug-likeness (QED) is 0.462. The largest absolute Gasteiger partial charge is 0.480 e. The molecular formula is C11H22N2O5. The molecule has 0 aliphatic carbocycles. The molecule has 0 aliphatic rings. The average Bonchev–Trinajstić information content (AvgIpc) is 2.33. The van der Waals surface area contributed by atoms with Crippen LogP contribution in [-0.4, -0.2) is 57.1 Å². The summed E-state index contributed by atoms with van der Waals surface area (Å²) in [6.45, 7) is 1.50. The number of carboxylic acid groups (broad SMARTS) is 1. The van der Waals surface area contributed by atoms with Crippen molar-refractivity contribution in [1.82, 2.24) is 10.6 Å². The fraction of sp³-hybridized carbons (Fsp3) is 0.818. The molecule has 0 unspecified atom stereocenters. The standard InChI is InChI=1S/C11H22N2O5/c1-17-7-4-2-3-5-12-11(16)13-6-8-18-9-10(14)15/h2-9H2,1H3,(H,14,15)(H2,12,13,16). The van der Waals surface area contributed by atoms with Gasteiger partial charge in [-0.3, -0.25) is 0 Å². The fourth-order valence-electron chi connectivity index (χ4n) is 1.21. The molecule has 0 fully saturated rings. The topological polar surface area (TPSA) is 96.9 Å². The second-order valence-corrected chi connectivity index (χ2v) is 3.68. The molecule has 0 aromatic carbocycles. The molecule has 0 saturated heterocycles. The number of nitrogens with one attached hydrogen (secondary N) is 2. The number of carbonyl (C=O) groups excluding carboxylic acids is 1. The van der Waals surface area contributed by atoms with Crippen molar-refractivity contribution < 1.29 is 24.2 Å². The zero-order valence-electron chi connectivity index (χ0n) is 10.7. The van der Waals surface area contributed by atoms with Gasteiger partial charge in [-0.1, -0.05) is 0 Å². The van der Waals surface area contributed by atoms with E-state index in [9.17, 15) is 9.59 Å². The van der Waals surface area contributed by atoms with E-state index in [0.717, 1.165) is 25.9 Å². The van der Waals surface area contributed by atoms with Gasteiger partial charge in [-0.15, -0.1) is 0 Å². The van der Waals surface area contributed by atoms with Gasteiger partial charge in [0.25, 0.3) is 0 Å². The van der Waals surface area contributed by atoms with E-state index in [1.54, 1.807) is 7.11 Å². The normalized spacial score (nSPS) is 10.1. The summed E-state index contributed by atoms with van der Waals surface area (Å²) in [6, 6.07) is -0.263. The number of amides is 2. The maximum Gasteiger partial charge on any atom is 0.329 e. The highest BCUT2D eigenvalue weighted by molar-refractivity contribution is 5.73. The second-order valence-electron chi connectivity index (χ2n) is 3.68. The van der Waals surface area contributed by atoms with Gasteiger partial charge in [-0.25, -0.2) is 9.59 Å². The van der Waals surface area contributed by atoms with Gasteiger partial charge in [0.05, 0.1) is 6.61 Å². The first kappa shape index (κ1) is 16.7. The van der Waals surface area contributed by atoms with Crippen LogP contribution in [0.25, 0.3) is 0 Å². The van der Waals surface area contributed by atoms with E-state index in [2.05, 4.69) is 10.6 Å². The van der Waals surface area contributed by atoms with Crippen molar-refractivity contribution in [3.63, 3.8) is 0 Å². The van der Waals surface area contributed by atoms with Crippen LogP contribution < -0.4 is 10.6 Å². The minimum atomic E-state index is -1.02. The van der Waals surface area contributed by atoms with Gasteiger partial charge < -0.3 is 25.2 Å². The molecule has 0 rings (SSSR count). The van der Waals surface area contributed by atoms with Crippen molar-refractivity contribution in [1.29, 1.82) is 0 Å². The number of rotatable bonds is 11. The molecule has 0 heterocycles. The predicted molar refractivity (Wildman–Crippen MR) is 65.6 cm³/mol. The summed E-state index contributed by atoms with van der Waals surface area (Å²) < 4.78 is 9.67. The molecule has 0 atom stereocenters. The van der Waals surface area contributed by atoms with Crippen molar-refractivity contribution in [3.05, 3.63) is 0 Å². The molecule has 0 spiro atoms. The van der Waals surface area contributed by atoms with Crippen LogP contribution in [0.15, 0.2) is 0 Å². The zero-order chi connectivity index (χ0) is 13.6. The molecule has 2 amide bonds. The predicted octanol–water partition coefficient (Wildman–Crippen LogP) is 0.204. The number of hydrogen-bond acceptors (Lipinski definition) is 4. The number of carbonyl (C=O) groups is 2. The molecular weight excluding hydrogens is 240 g/mol. The monoisotopic (exact) mass is 262 g/mol. The van der Waals surface area contributed by atoms with E-state index in [0.29, 0.717) is 13.1 Å². The highest BCUT2D eigenvalue weighted by atomic mass is 16.5. The molecule has 0 aromatic heterocycles. The molecule has 0 saturated carbocycles. The molecule has 3 N–H and O–H groups in total. The summed E-state index contributed by atoms with van der Waals surface area (Å²) in [5.41, 5.74) is 0. The molecule has 0 aliphatic heterocycles. The van der Waals surface area contributed by atoms with Crippen LogP contribution in [0.3, 0.4) is 0 Å². The Labute approximate surface area is 107 Å². The minimum Gasteiger partial charge on any atom is -0.480 e. The summed E-state index contributed by atoms with van der Waals surface area (Å²) in [5.74, 6) is -1.02. The van der Waals surface area contributed by atoms with Crippen LogP contribution >= 0.6 is 0 Å². The summed E-state index contributed by atoms with van der Waals surface area (Å²) in [7, 11) is 1.66. The molecule has 18 heavy (non-hydrogen) atoms. The van der Waals surface area contributed by atoms with Crippen LogP contribution in [-0.2, 0) is 14.3 Å². The first-order chi connectivity index (χ1) is 8.66. The van der Waals surface area contributed by atoms with Crippen molar-refractivity contribution in [2.45, 2.75) is 19.3 Å². The number of unbranched alkanes of at least 4 members (excludes halogenated alkanes) is 2. The lowest BCUT2D eigenvalue weighted by molar-refractivity contribution is -0.142. The Morgan fingerprint density at radius 3 is 2.44 bits per heavy atom. The smallest absolute Gasteiger partial charge is 0.329 e. The van der Waals surface area contributed by atoms with Gasteiger partial charge >= 0.3 is 12.0 Å². The lowest BCUT2D eigenvalue weighted by Crippen LogP contribution is -2.37. The van der Waals surface area contributed by atoms with Crippen molar-refractivity contribution >= 4 is 12.0 Å². The maximum absolute atomic E-state index is 11.2. The Hall–Kier alpha value is -1.34. The van der Waals surface area contributed by atoms with Gasteiger partial charge in [0.2, 0.25) is 0 Å². The summed E-state index contributed by atoms with van der Waals surface area (Å²) in [5, 5.41) is 13.6. The average molecular weight is 262 g/mol. The van der Waals surface area contributed by atoms with E-state index < -0.39 is 5.97 Å². The van der Waals surface area contributed by atoms with Crippen LogP contribution in [0, 0.1) is 0 Å². The van der Waals surface area contributed by atoms with Crippen LogP contribution in [0.1, 0.15) is 19.3 Å². The van der Waals surface area contributed by atoms with Gasteiger partial charge in [0.1, 0.15) is 6.61 Å². The first-order valence-electron chi connectivity index (χ1n) is 5.97. The Morgan fingerprint density at radius 1 is 1.06 bits per heavy atom. The third kappa shape index (κ3) is 12.7. The number of carboxylic acids is 1. The highest BCUT2D eigenvalue weighted by Gasteiger charge is 1.99. The Balaban J connectivity index is 3.20. The molecule has 7 nitrogen and oxygen atoms in total. The fourth-order valence-corrected chi connectivity index (χ4v) is 1.21. The van der Waals surface area contributed by atoms with E-state index in [1.807, 2.05) is 0 Å². The van der Waals surface area contributed by atoms with E-state index in [4.69, 9.17) is 14.6 Å². The zero-order valence-corrected chi connectivity index (χ0v) is 10.7. The molecule has 0 aromatic rings. The third-order valence-corrected chi connectivity index (χ3v) is 2.07. The first-order valence-corrected chi connectivity index (χ1v) is 5.97. The molecule has 7 heteroatoms. The van der Waals surface area contributed by atoms with Crippen molar-refractivity contribution in [2.24, 2.45) is 0 Å². The van der Waals surface area contributed by atoms with E-state index in [-0.39, 0.29) is 19.2 Å². The van der Waals surface area contributed by atoms with Gasteiger partial charge in [0, 0.05) is 26.8 Å². The number of aliphatic carboxylic acids is 1. The van der Waals surface area contributed by atoms with Gasteiger partial charge in [-0.2, -0.15) is 0 Å². The number of ether oxygens (including phenoxy) is 2. The van der Waals surface area contributed by atoms with Crippen molar-refractivity contribution in [3.8, 4) is 0 Å². The number of urea groups is 1. The number of hydrogen-bond donors (Lipinski definition) is 3. The molecule has 0 bridgehead atoms. The summed E-state index contributed by atoms with van der Waals surface area (Å²) >= 11 is 0. The van der Waals surface area contributed by atoms with E-state index >= 15 is 0 Å². The van der Waals surface area contributed by atoms with Crippen LogP contribution in [0.5, 0.6) is 0 Å². The van der Waals surface area contributed by atoms with Crippen LogP contribution in [0.4, 0.5) is 4.79 Å². The van der Waals surface area contributed by atoms with Crippen LogP contribution in [0.2, 0.25) is 0 Å². The van der Waals surface area contributed by atoms with Gasteiger partial charge in [-0.05, 0) is 19.3 Å². The SMILES string of the molecule is COCCCCCNC(=O)NCCOCC(=O)O. The molecule has 106 valence electrons. The number of methoxy groups -OCH3 is 1. The second kappa shape index (κ2) is 12.1. The third-order valence-electron chi connectivity index (χ3n) is 2.07. The highest BCUT2D eigenvalue weighted by Crippen LogP contribution is 1.93. The Morgan fingerprint density at radius 2 is 1.78 bits per heavy atom. The summed E-state index contributed by atoms with van der Waals surface area (Å²) in [4.78, 5) is 21.3. The minimum absolute atomic E-state index is 0.188.